The van der Waals surface area contributed by atoms with Gasteiger partial charge in [0.2, 0.25) is 0 Å². The van der Waals surface area contributed by atoms with Crippen molar-refractivity contribution in [2.75, 3.05) is 19.6 Å². The fraction of sp³-hybridized carbons (Fsp3) is 0.462. The zero-order valence-corrected chi connectivity index (χ0v) is 13.1. The van der Waals surface area contributed by atoms with Gasteiger partial charge in [-0.05, 0) is 44.0 Å². The summed E-state index contributed by atoms with van der Waals surface area (Å²) in [5.74, 6) is 0.609. The van der Waals surface area contributed by atoms with E-state index in [1.807, 2.05) is 23.1 Å². The van der Waals surface area contributed by atoms with Crippen LogP contribution in [0.15, 0.2) is 27.7 Å². The van der Waals surface area contributed by atoms with Gasteiger partial charge in [0.15, 0.2) is 5.96 Å². The van der Waals surface area contributed by atoms with Crippen molar-refractivity contribution >= 4 is 33.5 Å². The van der Waals surface area contributed by atoms with Crippen LogP contribution >= 0.6 is 27.5 Å². The summed E-state index contributed by atoms with van der Waals surface area (Å²) in [6.45, 7) is 6.57. The molecule has 1 rings (SSSR count). The standard InChI is InChI=1S/C13H19BrClN3/c1-3-18(4-2)13(16)17-8-7-10-9-11(15)5-6-12(10)14/h5-6,9H,3-4,7-8H2,1-2H3,(H2,16,17). The third-order valence-corrected chi connectivity index (χ3v) is 3.76. The highest BCUT2D eigenvalue weighted by Crippen LogP contribution is 2.21. The van der Waals surface area contributed by atoms with Gasteiger partial charge in [-0.25, -0.2) is 0 Å². The monoisotopic (exact) mass is 331 g/mol. The van der Waals surface area contributed by atoms with Gasteiger partial charge in [-0.3, -0.25) is 4.99 Å². The van der Waals surface area contributed by atoms with Gasteiger partial charge in [-0.15, -0.1) is 0 Å². The summed E-state index contributed by atoms with van der Waals surface area (Å²) >= 11 is 9.47. The summed E-state index contributed by atoms with van der Waals surface area (Å²) < 4.78 is 1.06. The summed E-state index contributed by atoms with van der Waals surface area (Å²) in [5.41, 5.74) is 7.06. The Morgan fingerprint density at radius 1 is 1.39 bits per heavy atom. The first-order valence-corrected chi connectivity index (χ1v) is 7.24. The van der Waals surface area contributed by atoms with E-state index in [0.717, 1.165) is 34.6 Å². The van der Waals surface area contributed by atoms with Gasteiger partial charge >= 0.3 is 0 Å². The van der Waals surface area contributed by atoms with Gasteiger partial charge in [-0.2, -0.15) is 0 Å². The summed E-state index contributed by atoms with van der Waals surface area (Å²) in [4.78, 5) is 6.42. The molecule has 1 aromatic rings. The molecule has 0 saturated heterocycles. The van der Waals surface area contributed by atoms with Gasteiger partial charge < -0.3 is 10.6 Å². The molecule has 0 heterocycles. The predicted octanol–water partition coefficient (Wildman–Crippen LogP) is 3.30. The lowest BCUT2D eigenvalue weighted by molar-refractivity contribution is 0.458. The second-order valence-electron chi connectivity index (χ2n) is 3.90. The van der Waals surface area contributed by atoms with E-state index >= 15 is 0 Å². The molecule has 0 spiro atoms. The highest BCUT2D eigenvalue weighted by molar-refractivity contribution is 9.10. The first-order chi connectivity index (χ1) is 8.58. The second-order valence-corrected chi connectivity index (χ2v) is 5.19. The van der Waals surface area contributed by atoms with Crippen LogP contribution in [-0.2, 0) is 6.42 Å². The molecule has 5 heteroatoms. The first kappa shape index (κ1) is 15.3. The third kappa shape index (κ3) is 4.50. The minimum absolute atomic E-state index is 0.609. The van der Waals surface area contributed by atoms with E-state index in [-0.39, 0.29) is 0 Å². The molecule has 18 heavy (non-hydrogen) atoms. The maximum absolute atomic E-state index is 5.96. The van der Waals surface area contributed by atoms with Gasteiger partial charge in [-0.1, -0.05) is 27.5 Å². The lowest BCUT2D eigenvalue weighted by Gasteiger charge is -2.19. The van der Waals surface area contributed by atoms with E-state index in [9.17, 15) is 0 Å². The zero-order valence-electron chi connectivity index (χ0n) is 10.8. The Hall–Kier alpha value is -0.740. The Labute approximate surface area is 122 Å². The number of benzene rings is 1. The van der Waals surface area contributed by atoms with Crippen molar-refractivity contribution in [1.29, 1.82) is 0 Å². The van der Waals surface area contributed by atoms with Crippen LogP contribution in [0.2, 0.25) is 5.02 Å². The smallest absolute Gasteiger partial charge is 0.191 e. The third-order valence-electron chi connectivity index (χ3n) is 2.75. The second kappa shape index (κ2) is 7.64. The van der Waals surface area contributed by atoms with Crippen LogP contribution in [-0.4, -0.2) is 30.5 Å². The van der Waals surface area contributed by atoms with Crippen molar-refractivity contribution in [1.82, 2.24) is 4.90 Å². The van der Waals surface area contributed by atoms with Crippen molar-refractivity contribution in [3.63, 3.8) is 0 Å². The van der Waals surface area contributed by atoms with Gasteiger partial charge in [0.25, 0.3) is 0 Å². The highest BCUT2D eigenvalue weighted by Gasteiger charge is 2.03. The number of nitrogens with zero attached hydrogens (tertiary/aromatic N) is 2. The molecular formula is C13H19BrClN3. The van der Waals surface area contributed by atoms with Crippen molar-refractivity contribution in [3.05, 3.63) is 33.3 Å². The molecule has 0 aliphatic carbocycles. The Balaban J connectivity index is 2.60. The molecular weight excluding hydrogens is 314 g/mol. The van der Waals surface area contributed by atoms with Crippen LogP contribution in [0.5, 0.6) is 0 Å². The maximum atomic E-state index is 5.96. The summed E-state index contributed by atoms with van der Waals surface area (Å²) in [6.07, 6.45) is 0.823. The quantitative estimate of drug-likeness (QED) is 0.664. The van der Waals surface area contributed by atoms with Crippen LogP contribution in [0.3, 0.4) is 0 Å². The largest absolute Gasteiger partial charge is 0.370 e. The Kier molecular flexibility index (Phi) is 6.50. The predicted molar refractivity (Wildman–Crippen MR) is 82.3 cm³/mol. The number of hydrogen-bond donors (Lipinski definition) is 1. The van der Waals surface area contributed by atoms with Crippen LogP contribution < -0.4 is 5.73 Å². The molecule has 0 radical (unpaired) electrons. The fourth-order valence-electron chi connectivity index (χ4n) is 1.67. The minimum atomic E-state index is 0.609. The summed E-state index contributed by atoms with van der Waals surface area (Å²) in [6, 6.07) is 5.77. The normalized spacial score (nSPS) is 11.7. The molecule has 0 unspecified atom stereocenters. The number of rotatable bonds is 5. The number of nitrogens with two attached hydrogens (primary N) is 1. The molecule has 3 nitrogen and oxygen atoms in total. The number of halogens is 2. The minimum Gasteiger partial charge on any atom is -0.370 e. The molecule has 0 bridgehead atoms. The molecule has 0 aromatic heterocycles. The lowest BCUT2D eigenvalue weighted by Crippen LogP contribution is -2.37. The molecule has 0 aliphatic rings. The van der Waals surface area contributed by atoms with Gasteiger partial charge in [0.05, 0.1) is 0 Å². The average Bonchev–Trinajstić information content (AvgIpc) is 2.35. The van der Waals surface area contributed by atoms with Crippen molar-refractivity contribution in [2.24, 2.45) is 10.7 Å². The Morgan fingerprint density at radius 3 is 2.67 bits per heavy atom. The zero-order chi connectivity index (χ0) is 13.5. The van der Waals surface area contributed by atoms with Crippen LogP contribution in [0.4, 0.5) is 0 Å². The van der Waals surface area contributed by atoms with E-state index in [4.69, 9.17) is 17.3 Å². The molecule has 2 N–H and O–H groups in total. The summed E-state index contributed by atoms with van der Waals surface area (Å²) in [7, 11) is 0. The maximum Gasteiger partial charge on any atom is 0.191 e. The van der Waals surface area contributed by atoms with Gasteiger partial charge in [0, 0.05) is 29.1 Å². The Bertz CT molecular complexity index is 417. The molecule has 0 atom stereocenters. The molecule has 0 fully saturated rings. The first-order valence-electron chi connectivity index (χ1n) is 6.07. The number of hydrogen-bond acceptors (Lipinski definition) is 1. The fourth-order valence-corrected chi connectivity index (χ4v) is 2.31. The topological polar surface area (TPSA) is 41.6 Å². The molecule has 0 saturated carbocycles. The van der Waals surface area contributed by atoms with E-state index in [0.29, 0.717) is 12.5 Å². The average molecular weight is 333 g/mol. The number of guanidine groups is 1. The highest BCUT2D eigenvalue weighted by atomic mass is 79.9. The van der Waals surface area contributed by atoms with E-state index in [2.05, 4.69) is 34.8 Å². The molecule has 0 aliphatic heterocycles. The summed E-state index contributed by atoms with van der Waals surface area (Å²) in [5, 5.41) is 0.744. The van der Waals surface area contributed by atoms with Crippen LogP contribution in [0, 0.1) is 0 Å². The van der Waals surface area contributed by atoms with Gasteiger partial charge in [0.1, 0.15) is 0 Å². The van der Waals surface area contributed by atoms with Crippen molar-refractivity contribution < 1.29 is 0 Å². The molecule has 0 amide bonds. The van der Waals surface area contributed by atoms with E-state index < -0.39 is 0 Å². The van der Waals surface area contributed by atoms with Crippen LogP contribution in [0.25, 0.3) is 0 Å². The van der Waals surface area contributed by atoms with Crippen LogP contribution in [0.1, 0.15) is 19.4 Å². The lowest BCUT2D eigenvalue weighted by atomic mass is 10.1. The Morgan fingerprint density at radius 2 is 2.06 bits per heavy atom. The van der Waals surface area contributed by atoms with E-state index in [1.54, 1.807) is 0 Å². The van der Waals surface area contributed by atoms with Crippen molar-refractivity contribution in [3.8, 4) is 0 Å². The molecule has 1 aromatic carbocycles. The SMILES string of the molecule is CCN(CC)C(N)=NCCc1cc(Cl)ccc1Br. The van der Waals surface area contributed by atoms with Crippen molar-refractivity contribution in [2.45, 2.75) is 20.3 Å². The van der Waals surface area contributed by atoms with E-state index in [1.165, 1.54) is 0 Å². The molecule has 100 valence electrons. The number of aliphatic imine (C=N–C) groups is 1.